The number of rotatable bonds is 3. The first-order valence-corrected chi connectivity index (χ1v) is 6.75. The van der Waals surface area contributed by atoms with E-state index in [1.807, 2.05) is 0 Å². The summed E-state index contributed by atoms with van der Waals surface area (Å²) in [6.07, 6.45) is 4.97. The van der Waals surface area contributed by atoms with Crippen LogP contribution >= 0.6 is 11.6 Å². The average Bonchev–Trinajstić information content (AvgIpc) is 2.32. The smallest absolute Gasteiger partial charge is 0.337 e. The van der Waals surface area contributed by atoms with E-state index < -0.39 is 5.97 Å². The van der Waals surface area contributed by atoms with Crippen molar-refractivity contribution in [3.05, 3.63) is 28.8 Å². The summed E-state index contributed by atoms with van der Waals surface area (Å²) in [5, 5.41) is 12.7. The highest BCUT2D eigenvalue weighted by atomic mass is 35.5. The molecule has 1 fully saturated rings. The summed E-state index contributed by atoms with van der Waals surface area (Å²) in [6, 6.07) is 5.51. The normalized spacial score (nSPS) is 23.7. The van der Waals surface area contributed by atoms with Crippen molar-refractivity contribution >= 4 is 23.3 Å². The molecule has 1 aliphatic carbocycles. The van der Waals surface area contributed by atoms with Gasteiger partial charge < -0.3 is 10.4 Å². The minimum absolute atomic E-state index is 0.152. The molecule has 0 bridgehead atoms. The van der Waals surface area contributed by atoms with Gasteiger partial charge in [-0.2, -0.15) is 0 Å². The van der Waals surface area contributed by atoms with Crippen molar-refractivity contribution < 1.29 is 9.90 Å². The topological polar surface area (TPSA) is 49.3 Å². The van der Waals surface area contributed by atoms with E-state index in [0.29, 0.717) is 12.0 Å². The molecule has 0 amide bonds. The SMILES string of the molecule is CC1CCCCC1Nc1ccc(C(=O)O)c(Cl)c1. The van der Waals surface area contributed by atoms with Gasteiger partial charge in [0.2, 0.25) is 0 Å². The van der Waals surface area contributed by atoms with Gasteiger partial charge >= 0.3 is 5.97 Å². The molecule has 2 N–H and O–H groups in total. The molecule has 1 saturated carbocycles. The Hall–Kier alpha value is -1.22. The highest BCUT2D eigenvalue weighted by Crippen LogP contribution is 2.28. The van der Waals surface area contributed by atoms with Gasteiger partial charge in [0.05, 0.1) is 10.6 Å². The van der Waals surface area contributed by atoms with Gasteiger partial charge in [-0.3, -0.25) is 0 Å². The molecule has 0 aliphatic heterocycles. The lowest BCUT2D eigenvalue weighted by Gasteiger charge is -2.30. The van der Waals surface area contributed by atoms with Crippen molar-refractivity contribution in [2.24, 2.45) is 5.92 Å². The third kappa shape index (κ3) is 2.96. The lowest BCUT2D eigenvalue weighted by Crippen LogP contribution is -2.30. The fourth-order valence-electron chi connectivity index (χ4n) is 2.52. The Labute approximate surface area is 112 Å². The summed E-state index contributed by atoms with van der Waals surface area (Å²) in [5.41, 5.74) is 1.06. The van der Waals surface area contributed by atoms with Crippen molar-refractivity contribution in [1.82, 2.24) is 0 Å². The number of nitrogens with one attached hydrogen (secondary N) is 1. The minimum Gasteiger partial charge on any atom is -0.478 e. The largest absolute Gasteiger partial charge is 0.478 e. The van der Waals surface area contributed by atoms with Crippen LogP contribution in [0, 0.1) is 5.92 Å². The Balaban J connectivity index is 2.10. The van der Waals surface area contributed by atoms with Crippen molar-refractivity contribution in [2.45, 2.75) is 38.6 Å². The van der Waals surface area contributed by atoms with Crippen LogP contribution in [0.1, 0.15) is 43.0 Å². The van der Waals surface area contributed by atoms with Gasteiger partial charge in [0.15, 0.2) is 0 Å². The van der Waals surface area contributed by atoms with Gasteiger partial charge in [-0.15, -0.1) is 0 Å². The lowest BCUT2D eigenvalue weighted by molar-refractivity contribution is 0.0697. The van der Waals surface area contributed by atoms with E-state index in [-0.39, 0.29) is 10.6 Å². The molecule has 0 aromatic heterocycles. The standard InChI is InChI=1S/C14H18ClNO2/c1-9-4-2-3-5-13(9)16-10-6-7-11(14(17)18)12(15)8-10/h6-9,13,16H,2-5H2,1H3,(H,17,18). The van der Waals surface area contributed by atoms with Crippen LogP contribution in [0.3, 0.4) is 0 Å². The number of anilines is 1. The monoisotopic (exact) mass is 267 g/mol. The van der Waals surface area contributed by atoms with E-state index in [9.17, 15) is 4.79 Å². The van der Waals surface area contributed by atoms with E-state index in [0.717, 1.165) is 5.69 Å². The molecule has 18 heavy (non-hydrogen) atoms. The van der Waals surface area contributed by atoms with Crippen molar-refractivity contribution in [3.63, 3.8) is 0 Å². The van der Waals surface area contributed by atoms with Gasteiger partial charge in [-0.05, 0) is 37.0 Å². The van der Waals surface area contributed by atoms with Crippen LogP contribution in [-0.4, -0.2) is 17.1 Å². The maximum absolute atomic E-state index is 10.9. The Kier molecular flexibility index (Phi) is 4.12. The summed E-state index contributed by atoms with van der Waals surface area (Å²) < 4.78 is 0. The molecule has 0 radical (unpaired) electrons. The van der Waals surface area contributed by atoms with Crippen LogP contribution < -0.4 is 5.32 Å². The summed E-state index contributed by atoms with van der Waals surface area (Å²) >= 11 is 5.96. The molecule has 3 nitrogen and oxygen atoms in total. The van der Waals surface area contributed by atoms with Crippen LogP contribution in [-0.2, 0) is 0 Å². The second-order valence-electron chi connectivity index (χ2n) is 5.01. The van der Waals surface area contributed by atoms with Crippen LogP contribution in [0.4, 0.5) is 5.69 Å². The molecule has 1 aromatic carbocycles. The number of hydrogen-bond donors (Lipinski definition) is 2. The molecular formula is C14H18ClNO2. The first-order chi connectivity index (χ1) is 8.58. The zero-order valence-electron chi connectivity index (χ0n) is 10.4. The molecule has 0 saturated heterocycles. The van der Waals surface area contributed by atoms with Gasteiger partial charge in [0, 0.05) is 11.7 Å². The van der Waals surface area contributed by atoms with Crippen LogP contribution in [0.2, 0.25) is 5.02 Å². The summed E-state index contributed by atoms with van der Waals surface area (Å²) in [7, 11) is 0. The van der Waals surface area contributed by atoms with E-state index >= 15 is 0 Å². The highest BCUT2D eigenvalue weighted by molar-refractivity contribution is 6.33. The zero-order valence-corrected chi connectivity index (χ0v) is 11.2. The second-order valence-corrected chi connectivity index (χ2v) is 5.42. The number of hydrogen-bond acceptors (Lipinski definition) is 2. The molecule has 0 spiro atoms. The maximum Gasteiger partial charge on any atom is 0.337 e. The number of aromatic carboxylic acids is 1. The molecule has 2 atom stereocenters. The summed E-state index contributed by atoms with van der Waals surface area (Å²) in [6.45, 7) is 2.25. The Bertz CT molecular complexity index is 447. The first-order valence-electron chi connectivity index (χ1n) is 6.37. The molecular weight excluding hydrogens is 250 g/mol. The van der Waals surface area contributed by atoms with E-state index in [1.54, 1.807) is 18.2 Å². The minimum atomic E-state index is -0.988. The van der Waals surface area contributed by atoms with Gasteiger partial charge in [-0.25, -0.2) is 4.79 Å². The van der Waals surface area contributed by atoms with Crippen molar-refractivity contribution in [3.8, 4) is 0 Å². The number of carboxylic acids is 1. The van der Waals surface area contributed by atoms with E-state index in [1.165, 1.54) is 25.7 Å². The molecule has 1 aromatic rings. The maximum atomic E-state index is 10.9. The van der Waals surface area contributed by atoms with E-state index in [2.05, 4.69) is 12.2 Å². The lowest BCUT2D eigenvalue weighted by atomic mass is 9.86. The van der Waals surface area contributed by atoms with Crippen LogP contribution in [0.5, 0.6) is 0 Å². The van der Waals surface area contributed by atoms with Gasteiger partial charge in [0.25, 0.3) is 0 Å². The number of carboxylic acid groups (broad SMARTS) is 1. The molecule has 2 unspecified atom stereocenters. The van der Waals surface area contributed by atoms with E-state index in [4.69, 9.17) is 16.7 Å². The van der Waals surface area contributed by atoms with Gasteiger partial charge in [0.1, 0.15) is 0 Å². The highest BCUT2D eigenvalue weighted by Gasteiger charge is 2.21. The summed E-state index contributed by atoms with van der Waals surface area (Å²) in [5.74, 6) is -0.339. The molecule has 0 heterocycles. The predicted octanol–water partition coefficient (Wildman–Crippen LogP) is 4.03. The quantitative estimate of drug-likeness (QED) is 0.869. The average molecular weight is 268 g/mol. The Morgan fingerprint density at radius 3 is 2.72 bits per heavy atom. The summed E-state index contributed by atoms with van der Waals surface area (Å²) in [4.78, 5) is 10.9. The van der Waals surface area contributed by atoms with Crippen molar-refractivity contribution in [2.75, 3.05) is 5.32 Å². The van der Waals surface area contributed by atoms with Gasteiger partial charge in [-0.1, -0.05) is 31.4 Å². The molecule has 4 heteroatoms. The van der Waals surface area contributed by atoms with Crippen LogP contribution in [0.25, 0.3) is 0 Å². The predicted molar refractivity (Wildman–Crippen MR) is 73.5 cm³/mol. The first kappa shape index (κ1) is 13.2. The Morgan fingerprint density at radius 2 is 2.11 bits per heavy atom. The number of benzene rings is 1. The van der Waals surface area contributed by atoms with Crippen molar-refractivity contribution in [1.29, 1.82) is 0 Å². The molecule has 1 aliphatic rings. The fraction of sp³-hybridized carbons (Fsp3) is 0.500. The number of halogens is 1. The second kappa shape index (κ2) is 5.61. The molecule has 98 valence electrons. The zero-order chi connectivity index (χ0) is 13.1. The molecule has 2 rings (SSSR count). The number of carbonyl (C=O) groups is 1. The fourth-order valence-corrected chi connectivity index (χ4v) is 2.78. The Morgan fingerprint density at radius 1 is 1.39 bits per heavy atom. The third-order valence-electron chi connectivity index (χ3n) is 3.66. The third-order valence-corrected chi connectivity index (χ3v) is 3.98. The van der Waals surface area contributed by atoms with Crippen LogP contribution in [0.15, 0.2) is 18.2 Å².